The number of fused-ring (bicyclic) bond motifs is 2. The zero-order valence-electron chi connectivity index (χ0n) is 18.1. The van der Waals surface area contributed by atoms with E-state index in [1.165, 1.54) is 25.4 Å². The number of ether oxygens (including phenoxy) is 1. The van der Waals surface area contributed by atoms with Gasteiger partial charge >= 0.3 is 5.97 Å². The molecule has 9 heteroatoms. The van der Waals surface area contributed by atoms with Crippen LogP contribution in [0.2, 0.25) is 0 Å². The summed E-state index contributed by atoms with van der Waals surface area (Å²) in [5.74, 6) is -0.480. The van der Waals surface area contributed by atoms with E-state index in [9.17, 15) is 14.3 Å². The minimum Gasteiger partial charge on any atom is -0.479 e. The summed E-state index contributed by atoms with van der Waals surface area (Å²) < 4.78 is 21.0. The molecule has 1 atom stereocenters. The lowest BCUT2D eigenvalue weighted by Crippen LogP contribution is -2.23. The van der Waals surface area contributed by atoms with Crippen molar-refractivity contribution in [1.29, 1.82) is 0 Å². The van der Waals surface area contributed by atoms with Crippen molar-refractivity contribution in [1.82, 2.24) is 19.7 Å². The smallest absolute Gasteiger partial charge is 0.344 e. The lowest BCUT2D eigenvalue weighted by Gasteiger charge is -2.15. The Morgan fingerprint density at radius 2 is 2.00 bits per heavy atom. The quantitative estimate of drug-likeness (QED) is 0.363. The molecule has 0 radical (unpaired) electrons. The van der Waals surface area contributed by atoms with E-state index in [4.69, 9.17) is 4.74 Å². The molecule has 34 heavy (non-hydrogen) atoms. The standard InChI is InChI=1S/C25H20FN5O3/c1-15(25(32)33)34-22-7-3-6-20-23(22)24(28-14-27-20)30-19-8-9-21-17(11-19)12-29-31(21)13-16-4-2-5-18(26)10-16/h2-12,14-15H,13H2,1H3,(H,32,33)(H,27,28,30). The normalized spacial score (nSPS) is 12.1. The Hall–Kier alpha value is -4.53. The third-order valence-electron chi connectivity index (χ3n) is 5.40. The number of rotatable bonds is 7. The molecule has 2 aromatic heterocycles. The molecular formula is C25H20FN5O3. The SMILES string of the molecule is CC(Oc1cccc2ncnc(Nc3ccc4c(cnn4Cc4cccc(F)c4)c3)c12)C(=O)O. The molecule has 170 valence electrons. The number of nitrogens with one attached hydrogen (secondary N) is 1. The number of carboxylic acids is 1. The molecule has 5 aromatic rings. The van der Waals surface area contributed by atoms with E-state index in [1.807, 2.05) is 28.9 Å². The summed E-state index contributed by atoms with van der Waals surface area (Å²) in [7, 11) is 0. The molecule has 5 rings (SSSR count). The highest BCUT2D eigenvalue weighted by Crippen LogP contribution is 2.32. The highest BCUT2D eigenvalue weighted by Gasteiger charge is 2.17. The summed E-state index contributed by atoms with van der Waals surface area (Å²) in [6.07, 6.45) is 2.16. The minimum absolute atomic E-state index is 0.279. The fourth-order valence-corrected chi connectivity index (χ4v) is 3.75. The third kappa shape index (κ3) is 4.23. The summed E-state index contributed by atoms with van der Waals surface area (Å²) in [6, 6.07) is 17.4. The average molecular weight is 457 g/mol. The van der Waals surface area contributed by atoms with Gasteiger partial charge in [0.05, 0.1) is 29.2 Å². The lowest BCUT2D eigenvalue weighted by molar-refractivity contribution is -0.144. The number of aliphatic carboxylic acids is 1. The Morgan fingerprint density at radius 3 is 2.82 bits per heavy atom. The minimum atomic E-state index is -1.07. The van der Waals surface area contributed by atoms with Crippen molar-refractivity contribution in [3.05, 3.63) is 84.6 Å². The van der Waals surface area contributed by atoms with Gasteiger partial charge in [-0.3, -0.25) is 4.68 Å². The van der Waals surface area contributed by atoms with Gasteiger partial charge in [-0.15, -0.1) is 0 Å². The number of halogens is 1. The molecule has 0 saturated heterocycles. The predicted molar refractivity (Wildman–Crippen MR) is 126 cm³/mol. The maximum atomic E-state index is 13.5. The summed E-state index contributed by atoms with van der Waals surface area (Å²) in [5.41, 5.74) is 3.11. The highest BCUT2D eigenvalue weighted by atomic mass is 19.1. The number of nitrogens with zero attached hydrogens (tertiary/aromatic N) is 4. The van der Waals surface area contributed by atoms with Crippen LogP contribution in [-0.4, -0.2) is 36.9 Å². The number of aromatic nitrogens is 4. The maximum Gasteiger partial charge on any atom is 0.344 e. The van der Waals surface area contributed by atoms with Crippen molar-refractivity contribution in [3.63, 3.8) is 0 Å². The Labute approximate surface area is 193 Å². The average Bonchev–Trinajstić information content (AvgIpc) is 3.21. The molecule has 8 nitrogen and oxygen atoms in total. The van der Waals surface area contributed by atoms with Crippen LogP contribution in [0.25, 0.3) is 21.8 Å². The van der Waals surface area contributed by atoms with Gasteiger partial charge in [-0.2, -0.15) is 5.10 Å². The molecule has 0 bridgehead atoms. The van der Waals surface area contributed by atoms with Gasteiger partial charge in [0.1, 0.15) is 23.7 Å². The molecule has 3 aromatic carbocycles. The van der Waals surface area contributed by atoms with E-state index in [0.29, 0.717) is 29.0 Å². The molecule has 0 aliphatic rings. The van der Waals surface area contributed by atoms with Gasteiger partial charge in [-0.1, -0.05) is 18.2 Å². The van der Waals surface area contributed by atoms with E-state index in [0.717, 1.165) is 22.2 Å². The molecule has 0 saturated carbocycles. The van der Waals surface area contributed by atoms with Crippen molar-refractivity contribution >= 4 is 39.3 Å². The number of carbonyl (C=O) groups is 1. The molecular weight excluding hydrogens is 437 g/mol. The predicted octanol–water partition coefficient (Wildman–Crippen LogP) is 4.76. The first-order chi connectivity index (χ1) is 16.5. The zero-order chi connectivity index (χ0) is 23.7. The van der Waals surface area contributed by atoms with E-state index in [1.54, 1.807) is 30.5 Å². The van der Waals surface area contributed by atoms with Crippen LogP contribution in [0.4, 0.5) is 15.9 Å². The van der Waals surface area contributed by atoms with E-state index in [-0.39, 0.29) is 5.82 Å². The first kappa shape index (κ1) is 21.3. The van der Waals surface area contributed by atoms with Gasteiger partial charge in [-0.05, 0) is 55.0 Å². The fraction of sp³-hybridized carbons (Fsp3) is 0.120. The highest BCUT2D eigenvalue weighted by molar-refractivity contribution is 5.96. The Kier molecular flexibility index (Phi) is 5.51. The van der Waals surface area contributed by atoms with Crippen molar-refractivity contribution in [2.24, 2.45) is 0 Å². The second-order valence-electron chi connectivity index (χ2n) is 7.80. The number of benzene rings is 3. The molecule has 2 N–H and O–H groups in total. The molecule has 2 heterocycles. The van der Waals surface area contributed by atoms with Crippen LogP contribution < -0.4 is 10.1 Å². The topological polar surface area (TPSA) is 102 Å². The van der Waals surface area contributed by atoms with Crippen LogP contribution in [-0.2, 0) is 11.3 Å². The van der Waals surface area contributed by atoms with Gasteiger partial charge < -0.3 is 15.2 Å². The number of hydrogen-bond acceptors (Lipinski definition) is 6. The van der Waals surface area contributed by atoms with Gasteiger partial charge in [-0.25, -0.2) is 19.2 Å². The van der Waals surface area contributed by atoms with Crippen molar-refractivity contribution in [3.8, 4) is 5.75 Å². The van der Waals surface area contributed by atoms with E-state index >= 15 is 0 Å². The van der Waals surface area contributed by atoms with Gasteiger partial charge in [0.15, 0.2) is 6.10 Å². The van der Waals surface area contributed by atoms with Crippen LogP contribution in [0.15, 0.2) is 73.2 Å². The van der Waals surface area contributed by atoms with Crippen LogP contribution in [0.5, 0.6) is 5.75 Å². The maximum absolute atomic E-state index is 13.5. The Morgan fingerprint density at radius 1 is 1.15 bits per heavy atom. The monoisotopic (exact) mass is 457 g/mol. The zero-order valence-corrected chi connectivity index (χ0v) is 18.1. The van der Waals surface area contributed by atoms with Crippen LogP contribution in [0.1, 0.15) is 12.5 Å². The first-order valence-corrected chi connectivity index (χ1v) is 10.6. The molecule has 1 unspecified atom stereocenters. The second-order valence-corrected chi connectivity index (χ2v) is 7.80. The number of anilines is 2. The lowest BCUT2D eigenvalue weighted by atomic mass is 10.2. The summed E-state index contributed by atoms with van der Waals surface area (Å²) in [6.45, 7) is 1.92. The van der Waals surface area contributed by atoms with Crippen LogP contribution in [0, 0.1) is 5.82 Å². The number of carboxylic acid groups (broad SMARTS) is 1. The summed E-state index contributed by atoms with van der Waals surface area (Å²) >= 11 is 0. The van der Waals surface area contributed by atoms with Crippen LogP contribution >= 0.6 is 0 Å². The molecule has 0 fully saturated rings. The second kappa shape index (κ2) is 8.78. The van der Waals surface area contributed by atoms with E-state index in [2.05, 4.69) is 20.4 Å². The first-order valence-electron chi connectivity index (χ1n) is 10.6. The summed E-state index contributed by atoms with van der Waals surface area (Å²) in [4.78, 5) is 19.9. The fourth-order valence-electron chi connectivity index (χ4n) is 3.75. The van der Waals surface area contributed by atoms with Crippen molar-refractivity contribution in [2.75, 3.05) is 5.32 Å². The number of hydrogen-bond donors (Lipinski definition) is 2. The summed E-state index contributed by atoms with van der Waals surface area (Å²) in [5, 5.41) is 18.4. The van der Waals surface area contributed by atoms with Gasteiger partial charge in [0.25, 0.3) is 0 Å². The third-order valence-corrected chi connectivity index (χ3v) is 5.40. The molecule has 0 spiro atoms. The van der Waals surface area contributed by atoms with Crippen LogP contribution in [0.3, 0.4) is 0 Å². The largest absolute Gasteiger partial charge is 0.479 e. The Bertz CT molecular complexity index is 1510. The van der Waals surface area contributed by atoms with Gasteiger partial charge in [0.2, 0.25) is 0 Å². The van der Waals surface area contributed by atoms with Gasteiger partial charge in [0, 0.05) is 11.1 Å². The molecule has 0 amide bonds. The van der Waals surface area contributed by atoms with Crippen molar-refractivity contribution in [2.45, 2.75) is 19.6 Å². The molecule has 0 aliphatic carbocycles. The molecule has 0 aliphatic heterocycles. The Balaban J connectivity index is 1.46. The van der Waals surface area contributed by atoms with E-state index < -0.39 is 12.1 Å². The van der Waals surface area contributed by atoms with Crippen molar-refractivity contribution < 1.29 is 19.0 Å².